The summed E-state index contributed by atoms with van der Waals surface area (Å²) in [7, 11) is 0. The van der Waals surface area contributed by atoms with Gasteiger partial charge in [-0.05, 0) is 36.4 Å². The Morgan fingerprint density at radius 1 is 1.09 bits per heavy atom. The number of nitro groups is 1. The van der Waals surface area contributed by atoms with Gasteiger partial charge in [0.1, 0.15) is 0 Å². The van der Waals surface area contributed by atoms with Crippen molar-refractivity contribution in [3.05, 3.63) is 69.0 Å². The summed E-state index contributed by atoms with van der Waals surface area (Å²) in [5.74, 6) is 0. The zero-order chi connectivity index (χ0) is 15.5. The van der Waals surface area contributed by atoms with Gasteiger partial charge in [0, 0.05) is 33.8 Å². The molecule has 0 fully saturated rings. The first-order valence-electron chi connectivity index (χ1n) is 6.35. The molecule has 0 aliphatic carbocycles. The van der Waals surface area contributed by atoms with E-state index < -0.39 is 4.92 Å². The molecule has 3 aromatic rings. The van der Waals surface area contributed by atoms with Gasteiger partial charge < -0.3 is 5.32 Å². The predicted molar refractivity (Wildman–Crippen MR) is 88.9 cm³/mol. The lowest BCUT2D eigenvalue weighted by Crippen LogP contribution is -1.89. The number of benzene rings is 2. The summed E-state index contributed by atoms with van der Waals surface area (Å²) in [4.78, 5) is 14.7. The molecule has 3 rings (SSSR count). The minimum atomic E-state index is -0.418. The zero-order valence-electron chi connectivity index (χ0n) is 11.2. The number of halogens is 1. The highest BCUT2D eigenvalue weighted by Crippen LogP contribution is 2.28. The molecule has 0 saturated carbocycles. The Morgan fingerprint density at radius 2 is 1.77 bits per heavy atom. The highest BCUT2D eigenvalue weighted by molar-refractivity contribution is 7.14. The molecule has 0 atom stereocenters. The van der Waals surface area contributed by atoms with Crippen molar-refractivity contribution in [2.24, 2.45) is 0 Å². The summed E-state index contributed by atoms with van der Waals surface area (Å²) >= 11 is 7.31. The standard InChI is InChI=1S/C15H10ClN3O2S/c16-11-3-5-12(6-4-11)17-15-18-14(9-22-15)10-1-7-13(8-2-10)19(20)21/h1-9H,(H,17,18). The number of non-ortho nitro benzene ring substituents is 1. The smallest absolute Gasteiger partial charge is 0.269 e. The van der Waals surface area contributed by atoms with Crippen LogP contribution < -0.4 is 5.32 Å². The maximum atomic E-state index is 10.7. The molecule has 0 bridgehead atoms. The molecule has 7 heteroatoms. The maximum Gasteiger partial charge on any atom is 0.269 e. The van der Waals surface area contributed by atoms with Crippen molar-refractivity contribution in [3.8, 4) is 11.3 Å². The van der Waals surface area contributed by atoms with E-state index in [-0.39, 0.29) is 5.69 Å². The van der Waals surface area contributed by atoms with Crippen molar-refractivity contribution in [3.63, 3.8) is 0 Å². The second-order valence-corrected chi connectivity index (χ2v) is 5.77. The molecule has 2 aromatic carbocycles. The molecule has 1 aromatic heterocycles. The summed E-state index contributed by atoms with van der Waals surface area (Å²) < 4.78 is 0. The third-order valence-corrected chi connectivity index (χ3v) is 3.98. The van der Waals surface area contributed by atoms with Gasteiger partial charge in [0.05, 0.1) is 10.6 Å². The Bertz CT molecular complexity index is 800. The molecule has 5 nitrogen and oxygen atoms in total. The van der Waals surface area contributed by atoms with Crippen molar-refractivity contribution in [1.82, 2.24) is 4.98 Å². The van der Waals surface area contributed by atoms with E-state index in [9.17, 15) is 10.1 Å². The molecule has 0 unspecified atom stereocenters. The molecule has 110 valence electrons. The van der Waals surface area contributed by atoms with Crippen molar-refractivity contribution in [1.29, 1.82) is 0 Å². The van der Waals surface area contributed by atoms with E-state index in [1.165, 1.54) is 23.5 Å². The van der Waals surface area contributed by atoms with Crippen molar-refractivity contribution >= 4 is 39.4 Å². The molecule has 0 aliphatic heterocycles. The number of anilines is 2. The van der Waals surface area contributed by atoms with E-state index in [1.807, 2.05) is 17.5 Å². The Kier molecular flexibility index (Phi) is 4.04. The fraction of sp³-hybridized carbons (Fsp3) is 0. The lowest BCUT2D eigenvalue weighted by Gasteiger charge is -2.02. The third kappa shape index (κ3) is 3.24. The van der Waals surface area contributed by atoms with Gasteiger partial charge in [-0.3, -0.25) is 10.1 Å². The van der Waals surface area contributed by atoms with Gasteiger partial charge >= 0.3 is 0 Å². The van der Waals surface area contributed by atoms with Gasteiger partial charge in [0.15, 0.2) is 5.13 Å². The summed E-state index contributed by atoms with van der Waals surface area (Å²) in [6, 6.07) is 13.7. The number of nitrogens with zero attached hydrogens (tertiary/aromatic N) is 2. The van der Waals surface area contributed by atoms with E-state index in [0.29, 0.717) is 5.02 Å². The Hall–Kier alpha value is -2.44. The topological polar surface area (TPSA) is 68.1 Å². The highest BCUT2D eigenvalue weighted by atomic mass is 35.5. The van der Waals surface area contributed by atoms with Crippen LogP contribution in [0.2, 0.25) is 5.02 Å². The molecule has 0 saturated heterocycles. The van der Waals surface area contributed by atoms with Crippen LogP contribution in [0.4, 0.5) is 16.5 Å². The van der Waals surface area contributed by atoms with Crippen LogP contribution in [-0.2, 0) is 0 Å². The lowest BCUT2D eigenvalue weighted by atomic mass is 10.1. The number of hydrogen-bond donors (Lipinski definition) is 1. The zero-order valence-corrected chi connectivity index (χ0v) is 12.8. The molecule has 0 aliphatic rings. The van der Waals surface area contributed by atoms with E-state index in [4.69, 9.17) is 11.6 Å². The Balaban J connectivity index is 1.78. The molecule has 0 radical (unpaired) electrons. The number of hydrogen-bond acceptors (Lipinski definition) is 5. The summed E-state index contributed by atoms with van der Waals surface area (Å²) in [5.41, 5.74) is 2.58. The van der Waals surface area contributed by atoms with Crippen LogP contribution in [0.1, 0.15) is 0 Å². The number of aromatic nitrogens is 1. The molecule has 22 heavy (non-hydrogen) atoms. The molecular weight excluding hydrogens is 322 g/mol. The van der Waals surface area contributed by atoms with Crippen LogP contribution in [-0.4, -0.2) is 9.91 Å². The fourth-order valence-corrected chi connectivity index (χ4v) is 2.74. The number of thiazole rings is 1. The molecule has 1 heterocycles. The molecule has 0 spiro atoms. The molecule has 0 amide bonds. The van der Waals surface area contributed by atoms with Crippen molar-refractivity contribution in [2.45, 2.75) is 0 Å². The van der Waals surface area contributed by atoms with Crippen molar-refractivity contribution < 1.29 is 4.92 Å². The highest BCUT2D eigenvalue weighted by Gasteiger charge is 2.08. The summed E-state index contributed by atoms with van der Waals surface area (Å²) in [6.45, 7) is 0. The summed E-state index contributed by atoms with van der Waals surface area (Å²) in [5, 5.41) is 17.2. The SMILES string of the molecule is O=[N+]([O-])c1ccc(-c2csc(Nc3ccc(Cl)cc3)n2)cc1. The monoisotopic (exact) mass is 331 g/mol. The number of rotatable bonds is 4. The summed E-state index contributed by atoms with van der Waals surface area (Å²) in [6.07, 6.45) is 0. The van der Waals surface area contributed by atoms with Crippen LogP contribution in [0.3, 0.4) is 0 Å². The first kappa shape index (κ1) is 14.5. The van der Waals surface area contributed by atoms with E-state index in [2.05, 4.69) is 10.3 Å². The van der Waals surface area contributed by atoms with Crippen LogP contribution in [0.5, 0.6) is 0 Å². The van der Waals surface area contributed by atoms with Gasteiger partial charge in [-0.2, -0.15) is 0 Å². The average Bonchev–Trinajstić information content (AvgIpc) is 2.98. The largest absolute Gasteiger partial charge is 0.332 e. The van der Waals surface area contributed by atoms with Gasteiger partial charge in [-0.1, -0.05) is 11.6 Å². The maximum absolute atomic E-state index is 10.7. The molecular formula is C15H10ClN3O2S. The second kappa shape index (κ2) is 6.13. The van der Waals surface area contributed by atoms with E-state index >= 15 is 0 Å². The average molecular weight is 332 g/mol. The minimum absolute atomic E-state index is 0.0680. The fourth-order valence-electron chi connectivity index (χ4n) is 1.87. The normalized spacial score (nSPS) is 10.4. The quantitative estimate of drug-likeness (QED) is 0.532. The van der Waals surface area contributed by atoms with Crippen LogP contribution >= 0.6 is 22.9 Å². The van der Waals surface area contributed by atoms with Crippen LogP contribution in [0.25, 0.3) is 11.3 Å². The van der Waals surface area contributed by atoms with Crippen LogP contribution in [0, 0.1) is 10.1 Å². The van der Waals surface area contributed by atoms with Crippen LogP contribution in [0.15, 0.2) is 53.9 Å². The van der Waals surface area contributed by atoms with E-state index in [0.717, 1.165) is 22.1 Å². The van der Waals surface area contributed by atoms with E-state index in [1.54, 1.807) is 24.3 Å². The predicted octanol–water partition coefficient (Wildman–Crippen LogP) is 5.12. The number of nitrogens with one attached hydrogen (secondary N) is 1. The number of nitro benzene ring substituents is 1. The van der Waals surface area contributed by atoms with Crippen molar-refractivity contribution in [2.75, 3.05) is 5.32 Å². The van der Waals surface area contributed by atoms with Gasteiger partial charge in [0.2, 0.25) is 0 Å². The lowest BCUT2D eigenvalue weighted by molar-refractivity contribution is -0.384. The Morgan fingerprint density at radius 3 is 2.41 bits per heavy atom. The third-order valence-electron chi connectivity index (χ3n) is 2.97. The first-order chi connectivity index (χ1) is 10.6. The molecule has 1 N–H and O–H groups in total. The second-order valence-electron chi connectivity index (χ2n) is 4.47. The Labute approximate surface area is 135 Å². The van der Waals surface area contributed by atoms with Gasteiger partial charge in [-0.15, -0.1) is 11.3 Å². The van der Waals surface area contributed by atoms with Gasteiger partial charge in [-0.25, -0.2) is 4.98 Å². The van der Waals surface area contributed by atoms with Gasteiger partial charge in [0.25, 0.3) is 5.69 Å². The minimum Gasteiger partial charge on any atom is -0.332 e. The first-order valence-corrected chi connectivity index (χ1v) is 7.60.